The van der Waals surface area contributed by atoms with Crippen molar-refractivity contribution in [3.63, 3.8) is 0 Å². The number of hydrogen-bond acceptors (Lipinski definition) is 0. The lowest BCUT2D eigenvalue weighted by Gasteiger charge is -1.97. The number of hydrogen-bond donors (Lipinski definition) is 0. The topological polar surface area (TPSA) is 0 Å². The van der Waals surface area contributed by atoms with Crippen LogP contribution in [0, 0.1) is 0 Å². The van der Waals surface area contributed by atoms with Crippen LogP contribution in [0.25, 0.3) is 0 Å². The van der Waals surface area contributed by atoms with Crippen LogP contribution < -0.4 is 0 Å². The Morgan fingerprint density at radius 2 is 2.20 bits per heavy atom. The lowest BCUT2D eigenvalue weighted by atomic mass is 10.2. The van der Waals surface area contributed by atoms with Crippen molar-refractivity contribution in [1.82, 2.24) is 0 Å². The third kappa shape index (κ3) is 3.02. The summed E-state index contributed by atoms with van der Waals surface area (Å²) in [6.45, 7) is 7.82. The Hall–Kier alpha value is -0.300. The molecule has 0 aromatic carbocycles. The van der Waals surface area contributed by atoms with Crippen molar-refractivity contribution in [2.24, 2.45) is 0 Å². The van der Waals surface area contributed by atoms with Crippen molar-refractivity contribution in [2.45, 2.75) is 20.3 Å². The van der Waals surface area contributed by atoms with E-state index < -0.39 is 0 Å². The number of allylic oxidation sites excluding steroid dienone is 5. The van der Waals surface area contributed by atoms with Gasteiger partial charge in [-0.25, -0.2) is 0 Å². The maximum absolute atomic E-state index is 3.71. The molecule has 0 atom stereocenters. The first-order valence-corrected chi connectivity index (χ1v) is 4.19. The highest BCUT2D eigenvalue weighted by Gasteiger charge is 1.91. The van der Waals surface area contributed by atoms with Crippen LogP contribution in [0.5, 0.6) is 0 Å². The molecule has 0 amide bonds. The van der Waals surface area contributed by atoms with E-state index in [1.165, 1.54) is 5.57 Å². The first-order valence-electron chi connectivity index (χ1n) is 3.40. The minimum atomic E-state index is 1.02. The summed E-state index contributed by atoms with van der Waals surface area (Å²) in [7, 11) is 0. The molecule has 1 heteroatoms. The zero-order chi connectivity index (χ0) is 7.98. The van der Waals surface area contributed by atoms with Crippen LogP contribution in [0.3, 0.4) is 0 Å². The smallest absolute Gasteiger partial charge is 0.0203 e. The normalized spacial score (nSPS) is 13.5. The third-order valence-electron chi connectivity index (χ3n) is 1.25. The summed E-state index contributed by atoms with van der Waals surface area (Å²) < 4.78 is 1.13. The van der Waals surface area contributed by atoms with Crippen molar-refractivity contribution in [1.29, 1.82) is 0 Å². The molecule has 0 aromatic heterocycles. The maximum Gasteiger partial charge on any atom is 0.0203 e. The summed E-state index contributed by atoms with van der Waals surface area (Å²) in [5.74, 6) is 0. The van der Waals surface area contributed by atoms with Crippen LogP contribution >= 0.6 is 15.9 Å². The molecule has 56 valence electrons. The van der Waals surface area contributed by atoms with Gasteiger partial charge in [0.15, 0.2) is 0 Å². The van der Waals surface area contributed by atoms with Gasteiger partial charge in [-0.05, 0) is 18.9 Å². The Kier molecular flexibility index (Phi) is 5.32. The molecule has 0 aliphatic rings. The molecule has 0 saturated carbocycles. The molecule has 0 aliphatic carbocycles. The molecular formula is C9H13Br. The Labute approximate surface area is 71.5 Å². The molecule has 10 heavy (non-hydrogen) atoms. The molecule has 0 nitrogen and oxygen atoms in total. The molecule has 0 saturated heterocycles. The highest BCUT2D eigenvalue weighted by atomic mass is 79.9. The van der Waals surface area contributed by atoms with Crippen LogP contribution in [-0.4, -0.2) is 0 Å². The van der Waals surface area contributed by atoms with Gasteiger partial charge in [0, 0.05) is 4.48 Å². The van der Waals surface area contributed by atoms with E-state index in [0.29, 0.717) is 0 Å². The van der Waals surface area contributed by atoms with Gasteiger partial charge in [0.05, 0.1) is 0 Å². The molecule has 0 radical (unpaired) electrons. The lowest BCUT2D eigenvalue weighted by molar-refractivity contribution is 1.15. The van der Waals surface area contributed by atoms with E-state index in [-0.39, 0.29) is 0 Å². The minimum absolute atomic E-state index is 1.02. The first-order chi connectivity index (χ1) is 4.76. The van der Waals surface area contributed by atoms with E-state index in [2.05, 4.69) is 29.4 Å². The largest absolute Gasteiger partial charge is 0.0988 e. The Balaban J connectivity index is 4.42. The average molecular weight is 201 g/mol. The molecule has 0 aliphatic heterocycles. The summed E-state index contributed by atoms with van der Waals surface area (Å²) in [5, 5.41) is 0. The molecule has 0 heterocycles. The second-order valence-electron chi connectivity index (χ2n) is 1.93. The summed E-state index contributed by atoms with van der Waals surface area (Å²) in [4.78, 5) is 0. The molecule has 0 rings (SSSR count). The van der Waals surface area contributed by atoms with Crippen LogP contribution in [-0.2, 0) is 0 Å². The number of halogens is 1. The van der Waals surface area contributed by atoms with Gasteiger partial charge in [-0.2, -0.15) is 0 Å². The first kappa shape index (κ1) is 9.70. The van der Waals surface area contributed by atoms with Gasteiger partial charge in [-0.3, -0.25) is 0 Å². The standard InChI is InChI=1S/C9H13Br/c1-4-7-9(10)8(5-2)6-3/h4-5,7H,2,6H2,1,3H3/b7-4-,9-8-. The van der Waals surface area contributed by atoms with Crippen molar-refractivity contribution >= 4 is 15.9 Å². The van der Waals surface area contributed by atoms with Gasteiger partial charge in [-0.1, -0.05) is 47.7 Å². The van der Waals surface area contributed by atoms with Gasteiger partial charge < -0.3 is 0 Å². The zero-order valence-electron chi connectivity index (χ0n) is 6.52. The second kappa shape index (κ2) is 5.48. The fourth-order valence-electron chi connectivity index (χ4n) is 0.664. The van der Waals surface area contributed by atoms with Crippen LogP contribution in [0.4, 0.5) is 0 Å². The minimum Gasteiger partial charge on any atom is -0.0988 e. The molecule has 0 unspecified atom stereocenters. The van der Waals surface area contributed by atoms with Gasteiger partial charge in [0.25, 0.3) is 0 Å². The van der Waals surface area contributed by atoms with Gasteiger partial charge in [0.2, 0.25) is 0 Å². The second-order valence-corrected chi connectivity index (χ2v) is 2.79. The number of rotatable bonds is 3. The summed E-state index contributed by atoms with van der Waals surface area (Å²) in [5.41, 5.74) is 1.25. The Bertz CT molecular complexity index is 164. The Morgan fingerprint density at radius 1 is 1.60 bits per heavy atom. The van der Waals surface area contributed by atoms with Gasteiger partial charge >= 0.3 is 0 Å². The third-order valence-corrected chi connectivity index (χ3v) is 2.02. The van der Waals surface area contributed by atoms with E-state index in [0.717, 1.165) is 10.9 Å². The predicted octanol–water partition coefficient (Wildman–Crippen LogP) is 3.81. The van der Waals surface area contributed by atoms with Crippen molar-refractivity contribution in [2.75, 3.05) is 0 Å². The summed E-state index contributed by atoms with van der Waals surface area (Å²) in [6.07, 6.45) is 6.93. The molecular weight excluding hydrogens is 188 g/mol. The van der Waals surface area contributed by atoms with Gasteiger partial charge in [0.1, 0.15) is 0 Å². The van der Waals surface area contributed by atoms with Gasteiger partial charge in [-0.15, -0.1) is 0 Å². The average Bonchev–Trinajstić information content (AvgIpc) is 1.91. The van der Waals surface area contributed by atoms with Crippen molar-refractivity contribution < 1.29 is 0 Å². The monoisotopic (exact) mass is 200 g/mol. The fraction of sp³-hybridized carbons (Fsp3) is 0.333. The molecule has 0 aromatic rings. The molecule has 0 spiro atoms. The van der Waals surface area contributed by atoms with E-state index >= 15 is 0 Å². The van der Waals surface area contributed by atoms with Crippen molar-refractivity contribution in [3.8, 4) is 0 Å². The van der Waals surface area contributed by atoms with Crippen LogP contribution in [0.15, 0.2) is 34.9 Å². The summed E-state index contributed by atoms with van der Waals surface area (Å²) in [6, 6.07) is 0. The maximum atomic E-state index is 3.71. The highest BCUT2D eigenvalue weighted by Crippen LogP contribution is 2.16. The van der Waals surface area contributed by atoms with Crippen LogP contribution in [0.1, 0.15) is 20.3 Å². The highest BCUT2D eigenvalue weighted by molar-refractivity contribution is 9.11. The summed E-state index contributed by atoms with van der Waals surface area (Å²) >= 11 is 3.45. The SMILES string of the molecule is C=C/C(CC)=C(Br)\C=C/C. The predicted molar refractivity (Wildman–Crippen MR) is 51.3 cm³/mol. The van der Waals surface area contributed by atoms with Crippen molar-refractivity contribution in [3.05, 3.63) is 34.9 Å². The van der Waals surface area contributed by atoms with Crippen LogP contribution in [0.2, 0.25) is 0 Å². The molecule has 0 bridgehead atoms. The fourth-order valence-corrected chi connectivity index (χ4v) is 1.37. The molecule has 0 fully saturated rings. The van der Waals surface area contributed by atoms with E-state index in [9.17, 15) is 0 Å². The van der Waals surface area contributed by atoms with E-state index in [4.69, 9.17) is 0 Å². The van der Waals surface area contributed by atoms with E-state index in [1.807, 2.05) is 25.2 Å². The van der Waals surface area contributed by atoms with E-state index in [1.54, 1.807) is 0 Å². The Morgan fingerprint density at radius 3 is 2.50 bits per heavy atom. The molecule has 0 N–H and O–H groups in total. The lowest BCUT2D eigenvalue weighted by Crippen LogP contribution is -1.75. The zero-order valence-corrected chi connectivity index (χ0v) is 8.11. The quantitative estimate of drug-likeness (QED) is 0.609.